The van der Waals surface area contributed by atoms with Crippen LogP contribution in [0, 0.1) is 0 Å². The molecule has 1 heterocycles. The van der Waals surface area contributed by atoms with E-state index in [1.807, 2.05) is 54.6 Å². The molecular formula is C36H20F6S. The van der Waals surface area contributed by atoms with E-state index in [1.54, 1.807) is 29.5 Å². The molecule has 0 unspecified atom stereocenters. The van der Waals surface area contributed by atoms with E-state index in [0.717, 1.165) is 39.8 Å². The van der Waals surface area contributed by atoms with Crippen molar-refractivity contribution < 1.29 is 26.3 Å². The van der Waals surface area contributed by atoms with Gasteiger partial charge in [-0.05, 0) is 92.7 Å². The van der Waals surface area contributed by atoms with Crippen molar-refractivity contribution in [3.8, 4) is 33.4 Å². The second kappa shape index (κ2) is 9.99. The van der Waals surface area contributed by atoms with Crippen molar-refractivity contribution in [1.29, 1.82) is 0 Å². The molecule has 0 aliphatic carbocycles. The zero-order valence-corrected chi connectivity index (χ0v) is 23.0. The molecule has 0 amide bonds. The maximum Gasteiger partial charge on any atom is 0.416 e. The highest BCUT2D eigenvalue weighted by Gasteiger charge is 2.37. The van der Waals surface area contributed by atoms with Gasteiger partial charge in [0.05, 0.1) is 11.1 Å². The minimum atomic E-state index is -4.91. The molecule has 0 bridgehead atoms. The molecule has 7 rings (SSSR count). The maximum absolute atomic E-state index is 13.4. The number of hydrogen-bond acceptors (Lipinski definition) is 1. The summed E-state index contributed by atoms with van der Waals surface area (Å²) < 4.78 is 83.1. The number of benzene rings is 6. The Hall–Kier alpha value is -4.62. The van der Waals surface area contributed by atoms with Gasteiger partial charge in [0.2, 0.25) is 0 Å². The Kier molecular flexibility index (Phi) is 6.32. The summed E-state index contributed by atoms with van der Waals surface area (Å²) in [6.07, 6.45) is -9.81. The topological polar surface area (TPSA) is 0 Å². The molecule has 0 saturated carbocycles. The number of fused-ring (bicyclic) bond motifs is 4. The van der Waals surface area contributed by atoms with Crippen LogP contribution in [0.2, 0.25) is 0 Å². The number of hydrogen-bond donors (Lipinski definition) is 0. The van der Waals surface area contributed by atoms with Crippen LogP contribution in [0.5, 0.6) is 0 Å². The monoisotopic (exact) mass is 598 g/mol. The zero-order valence-electron chi connectivity index (χ0n) is 22.2. The normalized spacial score (nSPS) is 12.4. The number of thiophene rings is 1. The van der Waals surface area contributed by atoms with E-state index in [9.17, 15) is 26.3 Å². The second-order valence-electron chi connectivity index (χ2n) is 10.5. The highest BCUT2D eigenvalue weighted by atomic mass is 32.1. The van der Waals surface area contributed by atoms with Crippen LogP contribution in [-0.2, 0) is 12.4 Å². The SMILES string of the molecule is FC(F)(F)c1cc(-c2ccc3ccc(-c4ccc(-c5ccc6sc7ccccc7c6c5)cc4)cc3c2)cc(C(F)(F)F)c1. The Balaban J connectivity index is 1.24. The largest absolute Gasteiger partial charge is 0.416 e. The van der Waals surface area contributed by atoms with Gasteiger partial charge in [-0.3, -0.25) is 0 Å². The highest BCUT2D eigenvalue weighted by Crippen LogP contribution is 2.40. The molecule has 7 heteroatoms. The summed E-state index contributed by atoms with van der Waals surface area (Å²) in [5, 5.41) is 3.98. The molecule has 43 heavy (non-hydrogen) atoms. The predicted octanol–water partition coefficient (Wildman–Crippen LogP) is 12.2. The van der Waals surface area contributed by atoms with Crippen LogP contribution in [0.25, 0.3) is 64.3 Å². The Morgan fingerprint density at radius 1 is 0.372 bits per heavy atom. The first-order chi connectivity index (χ1) is 20.5. The molecule has 0 saturated heterocycles. The van der Waals surface area contributed by atoms with E-state index in [1.165, 1.54) is 20.2 Å². The third kappa shape index (κ3) is 5.14. The molecule has 0 nitrogen and oxygen atoms in total. The van der Waals surface area contributed by atoms with Crippen molar-refractivity contribution in [2.45, 2.75) is 12.4 Å². The smallest absolute Gasteiger partial charge is 0.166 e. The molecule has 0 fully saturated rings. The Labute approximate surface area is 246 Å². The van der Waals surface area contributed by atoms with Crippen molar-refractivity contribution in [1.82, 2.24) is 0 Å². The lowest BCUT2D eigenvalue weighted by Gasteiger charge is -2.15. The molecule has 0 aliphatic heterocycles. The van der Waals surface area contributed by atoms with Gasteiger partial charge in [0, 0.05) is 20.2 Å². The first kappa shape index (κ1) is 27.2. The quantitative estimate of drug-likeness (QED) is 0.178. The van der Waals surface area contributed by atoms with Gasteiger partial charge in [0.25, 0.3) is 0 Å². The fraction of sp³-hybridized carbons (Fsp3) is 0.0556. The molecular weight excluding hydrogens is 578 g/mol. The summed E-state index contributed by atoms with van der Waals surface area (Å²) in [6, 6.07) is 35.2. The molecule has 0 N–H and O–H groups in total. The number of rotatable bonds is 3. The summed E-state index contributed by atoms with van der Waals surface area (Å²) in [4.78, 5) is 0. The molecule has 6 aromatic carbocycles. The molecule has 1 aromatic heterocycles. The summed E-state index contributed by atoms with van der Waals surface area (Å²) in [6.45, 7) is 0. The highest BCUT2D eigenvalue weighted by molar-refractivity contribution is 7.25. The van der Waals surface area contributed by atoms with Gasteiger partial charge in [-0.25, -0.2) is 0 Å². The fourth-order valence-corrected chi connectivity index (χ4v) is 6.57. The average molecular weight is 599 g/mol. The van der Waals surface area contributed by atoms with E-state index < -0.39 is 23.5 Å². The lowest BCUT2D eigenvalue weighted by molar-refractivity contribution is -0.143. The molecule has 0 spiro atoms. The Morgan fingerprint density at radius 3 is 1.47 bits per heavy atom. The minimum Gasteiger partial charge on any atom is -0.166 e. The van der Waals surface area contributed by atoms with Crippen molar-refractivity contribution in [3.63, 3.8) is 0 Å². The van der Waals surface area contributed by atoms with E-state index in [2.05, 4.69) is 30.3 Å². The van der Waals surface area contributed by atoms with E-state index in [0.29, 0.717) is 5.39 Å². The van der Waals surface area contributed by atoms with Crippen LogP contribution >= 0.6 is 11.3 Å². The minimum absolute atomic E-state index is 0.144. The lowest BCUT2D eigenvalue weighted by atomic mass is 9.95. The third-order valence-electron chi connectivity index (χ3n) is 7.69. The lowest BCUT2D eigenvalue weighted by Crippen LogP contribution is -2.11. The van der Waals surface area contributed by atoms with Crippen LogP contribution in [0.3, 0.4) is 0 Å². The molecule has 0 atom stereocenters. The fourth-order valence-electron chi connectivity index (χ4n) is 5.49. The Morgan fingerprint density at radius 2 is 0.860 bits per heavy atom. The molecule has 0 radical (unpaired) electrons. The van der Waals surface area contributed by atoms with E-state index >= 15 is 0 Å². The maximum atomic E-state index is 13.4. The van der Waals surface area contributed by atoms with Gasteiger partial charge in [0.15, 0.2) is 0 Å². The third-order valence-corrected chi connectivity index (χ3v) is 8.84. The number of alkyl halides is 6. The van der Waals surface area contributed by atoms with Crippen molar-refractivity contribution in [2.24, 2.45) is 0 Å². The predicted molar refractivity (Wildman–Crippen MR) is 163 cm³/mol. The molecule has 7 aromatic rings. The summed E-state index contributed by atoms with van der Waals surface area (Å²) >= 11 is 1.77. The average Bonchev–Trinajstić information content (AvgIpc) is 3.37. The summed E-state index contributed by atoms with van der Waals surface area (Å²) in [7, 11) is 0. The summed E-state index contributed by atoms with van der Waals surface area (Å²) in [5.41, 5.74) is 1.45. The van der Waals surface area contributed by atoms with Gasteiger partial charge < -0.3 is 0 Å². The van der Waals surface area contributed by atoms with Crippen LogP contribution in [0.4, 0.5) is 26.3 Å². The zero-order chi connectivity index (χ0) is 29.9. The van der Waals surface area contributed by atoms with Crippen LogP contribution < -0.4 is 0 Å². The number of halogens is 6. The first-order valence-electron chi connectivity index (χ1n) is 13.4. The molecule has 212 valence electrons. The van der Waals surface area contributed by atoms with Crippen molar-refractivity contribution in [3.05, 3.63) is 132 Å². The summed E-state index contributed by atoms with van der Waals surface area (Å²) in [5.74, 6) is 0. The van der Waals surface area contributed by atoms with Gasteiger partial charge in [-0.2, -0.15) is 26.3 Å². The molecule has 0 aliphatic rings. The van der Waals surface area contributed by atoms with Gasteiger partial charge in [0.1, 0.15) is 0 Å². The van der Waals surface area contributed by atoms with Crippen LogP contribution in [0.15, 0.2) is 121 Å². The van der Waals surface area contributed by atoms with Crippen molar-refractivity contribution in [2.75, 3.05) is 0 Å². The van der Waals surface area contributed by atoms with E-state index in [-0.39, 0.29) is 17.2 Å². The van der Waals surface area contributed by atoms with Crippen LogP contribution in [-0.4, -0.2) is 0 Å². The van der Waals surface area contributed by atoms with Gasteiger partial charge in [-0.1, -0.05) is 72.8 Å². The van der Waals surface area contributed by atoms with E-state index in [4.69, 9.17) is 0 Å². The first-order valence-corrected chi connectivity index (χ1v) is 14.2. The Bertz CT molecular complexity index is 2120. The van der Waals surface area contributed by atoms with Gasteiger partial charge >= 0.3 is 12.4 Å². The second-order valence-corrected chi connectivity index (χ2v) is 11.5. The van der Waals surface area contributed by atoms with Crippen molar-refractivity contribution >= 4 is 42.3 Å². The van der Waals surface area contributed by atoms with Crippen LogP contribution in [0.1, 0.15) is 11.1 Å². The standard InChI is InChI=1S/C36H20F6S/c37-35(38,39)29-17-28(18-30(20-29)36(40,41)42)25-12-10-23-9-11-24(15-27(23)16-25)21-5-7-22(8-6-21)26-13-14-34-32(19-26)31-3-1-2-4-33(31)43-34/h1-20H. The van der Waals surface area contributed by atoms with Gasteiger partial charge in [-0.15, -0.1) is 11.3 Å².